The van der Waals surface area contributed by atoms with Crippen LogP contribution in [0.25, 0.3) is 0 Å². The molecule has 0 saturated carbocycles. The second-order valence-corrected chi connectivity index (χ2v) is 1.15. The Balaban J connectivity index is 3.17. The first-order valence-corrected chi connectivity index (χ1v) is 1.45. The van der Waals surface area contributed by atoms with E-state index in [1.54, 1.807) is 0 Å². The molecule has 0 atom stereocenters. The van der Waals surface area contributed by atoms with Crippen LogP contribution in [0.2, 0.25) is 0 Å². The summed E-state index contributed by atoms with van der Waals surface area (Å²) in [6, 6.07) is 0. The Kier molecular flexibility index (Phi) is 1.71. The van der Waals surface area contributed by atoms with Crippen LogP contribution in [-0.2, 0) is 0 Å². The van der Waals surface area contributed by atoms with E-state index in [1.165, 1.54) is 0 Å². The highest BCUT2D eigenvalue weighted by molar-refractivity contribution is 6.22. The van der Waals surface area contributed by atoms with Gasteiger partial charge in [0.15, 0.2) is 0 Å². The van der Waals surface area contributed by atoms with Crippen molar-refractivity contribution in [2.75, 3.05) is 0 Å². The fourth-order valence-electron chi connectivity index (χ4n) is 0. The summed E-state index contributed by atoms with van der Waals surface area (Å²) in [6.45, 7) is -0.880. The first-order valence-electron chi connectivity index (χ1n) is 1.07. The molecule has 0 unspecified atom stereocenters. The largest absolute Gasteiger partial charge is 0.355 e. The quantitative estimate of drug-likeness (QED) is 0.461. The predicted molar refractivity (Wildman–Crippen MR) is 16.2 cm³/mol. The van der Waals surface area contributed by atoms with Gasteiger partial charge in [-0.2, -0.15) is 8.78 Å². The SMILES string of the molecule is F[CH]C(F)(F)Cl. The third-order valence-corrected chi connectivity index (χ3v) is 0.206. The van der Waals surface area contributed by atoms with Crippen LogP contribution in [0.3, 0.4) is 0 Å². The summed E-state index contributed by atoms with van der Waals surface area (Å²) in [5, 5.41) is -3.78. The van der Waals surface area contributed by atoms with Gasteiger partial charge in [-0.25, -0.2) is 4.39 Å². The number of halogens is 4. The third kappa shape index (κ3) is 4.08. The van der Waals surface area contributed by atoms with Crippen LogP contribution in [0.5, 0.6) is 0 Å². The normalized spacial score (nSPS) is 12.0. The Morgan fingerprint density at radius 3 is 1.67 bits per heavy atom. The van der Waals surface area contributed by atoms with Crippen molar-refractivity contribution in [3.8, 4) is 0 Å². The number of rotatable bonds is 1. The maximum atomic E-state index is 10.8. The lowest BCUT2D eigenvalue weighted by Crippen LogP contribution is -2.00. The van der Waals surface area contributed by atoms with Gasteiger partial charge in [-0.05, 0) is 11.6 Å². The molecule has 0 aromatic carbocycles. The molecular weight excluding hydrogens is 116 g/mol. The zero-order valence-electron chi connectivity index (χ0n) is 2.59. The van der Waals surface area contributed by atoms with Crippen molar-refractivity contribution in [1.82, 2.24) is 0 Å². The standard InChI is InChI=1S/C2HClF3/c3-2(5,6)1-4/h1H. The molecule has 0 nitrogen and oxygen atoms in total. The number of alkyl halides is 3. The van der Waals surface area contributed by atoms with Gasteiger partial charge in [0.05, 0.1) is 0 Å². The lowest BCUT2D eigenvalue weighted by molar-refractivity contribution is 0.103. The van der Waals surface area contributed by atoms with Crippen LogP contribution in [0.4, 0.5) is 13.2 Å². The van der Waals surface area contributed by atoms with E-state index in [0.717, 1.165) is 0 Å². The highest BCUT2D eigenvalue weighted by Gasteiger charge is 2.24. The molecule has 37 valence electrons. The van der Waals surface area contributed by atoms with Gasteiger partial charge in [-0.1, -0.05) is 0 Å². The Labute approximate surface area is 37.9 Å². The first-order chi connectivity index (χ1) is 2.56. The van der Waals surface area contributed by atoms with E-state index in [4.69, 9.17) is 0 Å². The number of hydrogen-bond donors (Lipinski definition) is 0. The van der Waals surface area contributed by atoms with Crippen LogP contribution in [0.1, 0.15) is 0 Å². The molecule has 0 N–H and O–H groups in total. The van der Waals surface area contributed by atoms with Crippen LogP contribution in [0, 0.1) is 6.67 Å². The van der Waals surface area contributed by atoms with Gasteiger partial charge < -0.3 is 0 Å². The van der Waals surface area contributed by atoms with Crippen molar-refractivity contribution < 1.29 is 13.2 Å². The van der Waals surface area contributed by atoms with E-state index in [9.17, 15) is 13.2 Å². The van der Waals surface area contributed by atoms with Gasteiger partial charge in [0.2, 0.25) is 6.67 Å². The Hall–Kier alpha value is 0.0800. The summed E-state index contributed by atoms with van der Waals surface area (Å²) >= 11 is 3.95. The summed E-state index contributed by atoms with van der Waals surface area (Å²) < 4.78 is 32.1. The second kappa shape index (κ2) is 1.69. The van der Waals surface area contributed by atoms with Crippen LogP contribution in [0.15, 0.2) is 0 Å². The molecule has 4 heteroatoms. The third-order valence-electron chi connectivity index (χ3n) is 0.124. The molecule has 6 heavy (non-hydrogen) atoms. The minimum absolute atomic E-state index is 0.880. The van der Waals surface area contributed by atoms with E-state index < -0.39 is 12.1 Å². The highest BCUT2D eigenvalue weighted by Crippen LogP contribution is 2.21. The first kappa shape index (κ1) is 6.08. The molecule has 0 amide bonds. The van der Waals surface area contributed by atoms with Gasteiger partial charge in [0.25, 0.3) is 0 Å². The van der Waals surface area contributed by atoms with Gasteiger partial charge in [-0.15, -0.1) is 0 Å². The second-order valence-electron chi connectivity index (χ2n) is 0.651. The summed E-state index contributed by atoms with van der Waals surface area (Å²) in [5.41, 5.74) is 0. The Morgan fingerprint density at radius 2 is 1.67 bits per heavy atom. The van der Waals surface area contributed by atoms with E-state index in [2.05, 4.69) is 11.6 Å². The molecule has 0 fully saturated rings. The molecule has 0 rings (SSSR count). The molecule has 0 spiro atoms. The molecule has 0 aromatic rings. The molecule has 0 saturated heterocycles. The Bertz CT molecular complexity index is 38.5. The number of hydrogen-bond acceptors (Lipinski definition) is 0. The lowest BCUT2D eigenvalue weighted by atomic mass is 10.8. The minimum atomic E-state index is -3.78. The van der Waals surface area contributed by atoms with Crippen LogP contribution in [-0.4, -0.2) is 5.38 Å². The molecule has 0 aliphatic heterocycles. The van der Waals surface area contributed by atoms with E-state index in [-0.39, 0.29) is 0 Å². The monoisotopic (exact) mass is 117 g/mol. The topological polar surface area (TPSA) is 0 Å². The lowest BCUT2D eigenvalue weighted by Gasteiger charge is -1.94. The molecular formula is C2HClF3. The Morgan fingerprint density at radius 1 is 1.50 bits per heavy atom. The molecule has 0 aliphatic rings. The van der Waals surface area contributed by atoms with Crippen molar-refractivity contribution in [3.05, 3.63) is 6.67 Å². The van der Waals surface area contributed by atoms with Crippen molar-refractivity contribution in [2.45, 2.75) is 5.38 Å². The maximum absolute atomic E-state index is 10.8. The zero-order chi connectivity index (χ0) is 5.21. The van der Waals surface area contributed by atoms with Gasteiger partial charge in [0, 0.05) is 0 Å². The van der Waals surface area contributed by atoms with E-state index >= 15 is 0 Å². The van der Waals surface area contributed by atoms with Crippen molar-refractivity contribution in [1.29, 1.82) is 0 Å². The summed E-state index contributed by atoms with van der Waals surface area (Å²) in [7, 11) is 0. The van der Waals surface area contributed by atoms with Gasteiger partial charge >= 0.3 is 5.38 Å². The zero-order valence-corrected chi connectivity index (χ0v) is 3.35. The van der Waals surface area contributed by atoms with Crippen molar-refractivity contribution in [2.24, 2.45) is 0 Å². The molecule has 1 radical (unpaired) electrons. The minimum Gasteiger partial charge on any atom is -0.236 e. The summed E-state index contributed by atoms with van der Waals surface area (Å²) in [4.78, 5) is 0. The van der Waals surface area contributed by atoms with E-state index in [0.29, 0.717) is 0 Å². The van der Waals surface area contributed by atoms with Crippen molar-refractivity contribution in [3.63, 3.8) is 0 Å². The van der Waals surface area contributed by atoms with Crippen LogP contribution >= 0.6 is 11.6 Å². The molecule has 0 bridgehead atoms. The smallest absolute Gasteiger partial charge is 0.236 e. The van der Waals surface area contributed by atoms with E-state index in [1.807, 2.05) is 0 Å². The van der Waals surface area contributed by atoms with Gasteiger partial charge in [-0.3, -0.25) is 0 Å². The maximum Gasteiger partial charge on any atom is 0.355 e. The molecule has 0 heterocycles. The van der Waals surface area contributed by atoms with Gasteiger partial charge in [0.1, 0.15) is 0 Å². The predicted octanol–water partition coefficient (Wildman–Crippen LogP) is 1.95. The highest BCUT2D eigenvalue weighted by atomic mass is 35.5. The summed E-state index contributed by atoms with van der Waals surface area (Å²) in [6.07, 6.45) is 0. The molecule has 0 aromatic heterocycles. The fraction of sp³-hybridized carbons (Fsp3) is 0.500. The summed E-state index contributed by atoms with van der Waals surface area (Å²) in [5.74, 6) is 0. The average Bonchev–Trinajstić information content (AvgIpc) is 1.35. The van der Waals surface area contributed by atoms with Crippen LogP contribution < -0.4 is 0 Å². The molecule has 0 aliphatic carbocycles. The fourth-order valence-corrected chi connectivity index (χ4v) is 0. The average molecular weight is 117 g/mol. The van der Waals surface area contributed by atoms with Crippen molar-refractivity contribution >= 4 is 11.6 Å².